The molecule has 2 aromatic rings. The van der Waals surface area contributed by atoms with Gasteiger partial charge in [-0.15, -0.1) is 0 Å². The average Bonchev–Trinajstić information content (AvgIpc) is 2.73. The highest BCUT2D eigenvalue weighted by molar-refractivity contribution is 7.62. The zero-order valence-electron chi connectivity index (χ0n) is 18.2. The molecule has 0 spiro atoms. The van der Waals surface area contributed by atoms with E-state index in [2.05, 4.69) is 4.98 Å². The fourth-order valence-corrected chi connectivity index (χ4v) is 6.05. The summed E-state index contributed by atoms with van der Waals surface area (Å²) in [6.45, 7) is 7.00. The van der Waals surface area contributed by atoms with E-state index in [1.807, 2.05) is 13.8 Å². The maximum Gasteiger partial charge on any atom is 0.416 e. The monoisotopic (exact) mass is 470 g/mol. The van der Waals surface area contributed by atoms with E-state index in [1.165, 1.54) is 19.9 Å². The molecule has 0 amide bonds. The van der Waals surface area contributed by atoms with Gasteiger partial charge in [-0.3, -0.25) is 9.55 Å². The van der Waals surface area contributed by atoms with E-state index in [1.54, 1.807) is 0 Å². The van der Waals surface area contributed by atoms with Crippen LogP contribution in [-0.4, -0.2) is 24.2 Å². The molecule has 1 aliphatic rings. The number of aromatic nitrogens is 1. The van der Waals surface area contributed by atoms with Gasteiger partial charge in [0.1, 0.15) is 0 Å². The maximum absolute atomic E-state index is 13.8. The summed E-state index contributed by atoms with van der Waals surface area (Å²) in [5.74, 6) is -1.65. The Hall–Kier alpha value is -2.22. The van der Waals surface area contributed by atoms with Crippen molar-refractivity contribution in [3.05, 3.63) is 46.8 Å². The van der Waals surface area contributed by atoms with E-state index in [4.69, 9.17) is 9.05 Å². The van der Waals surface area contributed by atoms with Gasteiger partial charge in [-0.2, -0.15) is 13.2 Å². The SMILES string of the molecule is CCC1(CC)COP(=O)(c2c(C)nc(C)c(C(=O)[O-])c2-c2cccc(C(F)(F)F)c2)OC1. The third-order valence-corrected chi connectivity index (χ3v) is 8.10. The summed E-state index contributed by atoms with van der Waals surface area (Å²) in [6, 6.07) is 4.15. The quantitative estimate of drug-likeness (QED) is 0.602. The molecule has 32 heavy (non-hydrogen) atoms. The number of aromatic carboxylic acids is 1. The van der Waals surface area contributed by atoms with Crippen molar-refractivity contribution < 1.29 is 36.7 Å². The summed E-state index contributed by atoms with van der Waals surface area (Å²) in [7, 11) is -4.09. The van der Waals surface area contributed by atoms with Crippen molar-refractivity contribution in [2.45, 2.75) is 46.7 Å². The number of carbonyl (C=O) groups is 1. The lowest BCUT2D eigenvalue weighted by Crippen LogP contribution is -2.37. The number of alkyl halides is 3. The Morgan fingerprint density at radius 3 is 2.25 bits per heavy atom. The second kappa shape index (κ2) is 8.61. The number of rotatable bonds is 5. The summed E-state index contributed by atoms with van der Waals surface area (Å²) >= 11 is 0. The van der Waals surface area contributed by atoms with Crippen LogP contribution in [0.3, 0.4) is 0 Å². The van der Waals surface area contributed by atoms with Gasteiger partial charge in [0.2, 0.25) is 0 Å². The molecular weight excluding hydrogens is 446 g/mol. The number of carboxylic acids is 1. The van der Waals surface area contributed by atoms with Crippen LogP contribution >= 0.6 is 7.60 Å². The van der Waals surface area contributed by atoms with Crippen LogP contribution in [0.4, 0.5) is 13.2 Å². The number of hydrogen-bond acceptors (Lipinski definition) is 6. The van der Waals surface area contributed by atoms with Crippen LogP contribution in [0.15, 0.2) is 24.3 Å². The van der Waals surface area contributed by atoms with Crippen LogP contribution in [0.2, 0.25) is 0 Å². The van der Waals surface area contributed by atoms with E-state index >= 15 is 0 Å². The van der Waals surface area contributed by atoms with Crippen molar-refractivity contribution in [3.8, 4) is 11.1 Å². The number of aryl methyl sites for hydroxylation is 2. The standard InChI is InChI=1S/C22H25F3NO5P/c1-5-21(6-2)11-30-32(29,31-12-21)19-14(4)26-13(3)17(20(27)28)18(19)15-8-7-9-16(10-15)22(23,24)25/h7-10H,5-6,11-12H2,1-4H3,(H,27,28)/p-1. The van der Waals surface area contributed by atoms with Gasteiger partial charge >= 0.3 is 13.8 Å². The van der Waals surface area contributed by atoms with Crippen LogP contribution in [0.25, 0.3) is 11.1 Å². The summed E-state index contributed by atoms with van der Waals surface area (Å²) < 4.78 is 65.3. The molecule has 1 aromatic carbocycles. The molecule has 0 N–H and O–H groups in total. The number of benzene rings is 1. The average molecular weight is 470 g/mol. The molecule has 10 heteroatoms. The number of hydrogen-bond donors (Lipinski definition) is 0. The van der Waals surface area contributed by atoms with Crippen molar-refractivity contribution >= 4 is 18.9 Å². The molecule has 1 aliphatic heterocycles. The van der Waals surface area contributed by atoms with Crippen molar-refractivity contribution in [2.75, 3.05) is 13.2 Å². The van der Waals surface area contributed by atoms with Crippen molar-refractivity contribution in [1.82, 2.24) is 4.98 Å². The zero-order chi connectivity index (χ0) is 23.9. The molecule has 174 valence electrons. The zero-order valence-corrected chi connectivity index (χ0v) is 19.1. The topological polar surface area (TPSA) is 88.5 Å². The Kier molecular flexibility index (Phi) is 6.57. The van der Waals surface area contributed by atoms with Gasteiger partial charge in [-0.1, -0.05) is 26.0 Å². The van der Waals surface area contributed by atoms with Gasteiger partial charge < -0.3 is 18.9 Å². The van der Waals surface area contributed by atoms with E-state index in [0.717, 1.165) is 18.2 Å². The van der Waals surface area contributed by atoms with Crippen molar-refractivity contribution in [2.24, 2.45) is 5.41 Å². The molecule has 0 bridgehead atoms. The molecule has 0 radical (unpaired) electrons. The molecule has 3 rings (SSSR count). The summed E-state index contributed by atoms with van der Waals surface area (Å²) in [5.41, 5.74) is -1.87. The summed E-state index contributed by atoms with van der Waals surface area (Å²) in [5, 5.41) is 11.8. The summed E-state index contributed by atoms with van der Waals surface area (Å²) in [4.78, 5) is 16.2. The molecule has 0 unspecified atom stereocenters. The minimum Gasteiger partial charge on any atom is -0.545 e. The first-order valence-corrected chi connectivity index (χ1v) is 11.7. The molecule has 0 aliphatic carbocycles. The lowest BCUT2D eigenvalue weighted by molar-refractivity contribution is -0.255. The van der Waals surface area contributed by atoms with Crippen molar-refractivity contribution in [1.29, 1.82) is 0 Å². The fourth-order valence-electron chi connectivity index (χ4n) is 3.87. The van der Waals surface area contributed by atoms with Gasteiger partial charge in [0.25, 0.3) is 0 Å². The Morgan fingerprint density at radius 2 is 1.75 bits per heavy atom. The van der Waals surface area contributed by atoms with Crippen LogP contribution in [-0.2, 0) is 19.8 Å². The highest BCUT2D eigenvalue weighted by atomic mass is 31.2. The molecular formula is C22H24F3NO5P-. The molecule has 1 saturated heterocycles. The van der Waals surface area contributed by atoms with E-state index in [0.29, 0.717) is 12.8 Å². The highest BCUT2D eigenvalue weighted by Crippen LogP contribution is 2.56. The Bertz CT molecular complexity index is 1080. The molecule has 0 saturated carbocycles. The normalized spacial score (nSPS) is 17.8. The van der Waals surface area contributed by atoms with Crippen LogP contribution in [0.1, 0.15) is 54.0 Å². The lowest BCUT2D eigenvalue weighted by atomic mass is 9.84. The van der Waals surface area contributed by atoms with Gasteiger partial charge in [0, 0.05) is 22.2 Å². The predicted octanol–water partition coefficient (Wildman–Crippen LogP) is 4.42. The maximum atomic E-state index is 13.8. The molecule has 0 atom stereocenters. The van der Waals surface area contributed by atoms with E-state index in [-0.39, 0.29) is 46.4 Å². The first-order chi connectivity index (χ1) is 14.9. The van der Waals surface area contributed by atoms with Crippen LogP contribution in [0, 0.1) is 19.3 Å². The Morgan fingerprint density at radius 1 is 1.16 bits per heavy atom. The minimum absolute atomic E-state index is 0.0266. The highest BCUT2D eigenvalue weighted by Gasteiger charge is 2.44. The first-order valence-electron chi connectivity index (χ1n) is 10.2. The molecule has 6 nitrogen and oxygen atoms in total. The fraction of sp³-hybridized carbons (Fsp3) is 0.455. The smallest absolute Gasteiger partial charge is 0.416 e. The molecule has 1 fully saturated rings. The number of pyridine rings is 1. The van der Waals surface area contributed by atoms with Crippen LogP contribution < -0.4 is 10.4 Å². The van der Waals surface area contributed by atoms with E-state index in [9.17, 15) is 27.6 Å². The number of nitrogens with zero attached hydrogens (tertiary/aromatic N) is 1. The summed E-state index contributed by atoms with van der Waals surface area (Å²) in [6.07, 6.45) is -3.24. The number of halogens is 3. The molecule has 2 heterocycles. The number of carboxylic acid groups (broad SMARTS) is 1. The second-order valence-electron chi connectivity index (χ2n) is 8.00. The lowest BCUT2D eigenvalue weighted by Gasteiger charge is -2.39. The second-order valence-corrected chi connectivity index (χ2v) is 9.96. The van der Waals surface area contributed by atoms with Gasteiger partial charge in [-0.05, 0) is 44.4 Å². The Balaban J connectivity index is 2.29. The molecule has 1 aromatic heterocycles. The van der Waals surface area contributed by atoms with Gasteiger partial charge in [0.15, 0.2) is 0 Å². The van der Waals surface area contributed by atoms with Gasteiger partial charge in [-0.25, -0.2) is 0 Å². The van der Waals surface area contributed by atoms with Crippen LogP contribution in [0.5, 0.6) is 0 Å². The number of carbonyl (C=O) groups excluding carboxylic acids is 1. The van der Waals surface area contributed by atoms with E-state index < -0.39 is 30.9 Å². The Labute approximate surface area is 184 Å². The van der Waals surface area contributed by atoms with Crippen molar-refractivity contribution in [3.63, 3.8) is 0 Å². The van der Waals surface area contributed by atoms with Gasteiger partial charge in [0.05, 0.1) is 35.7 Å². The third-order valence-electron chi connectivity index (χ3n) is 6.06. The minimum atomic E-state index is -4.65. The predicted molar refractivity (Wildman–Crippen MR) is 111 cm³/mol. The largest absolute Gasteiger partial charge is 0.545 e. The first kappa shape index (κ1) is 24.4. The third kappa shape index (κ3) is 4.34.